The lowest BCUT2D eigenvalue weighted by Crippen LogP contribution is -2.24. The van der Waals surface area contributed by atoms with Gasteiger partial charge in [-0.05, 0) is 37.6 Å². The second-order valence-electron chi connectivity index (χ2n) is 5.31. The first kappa shape index (κ1) is 15.3. The van der Waals surface area contributed by atoms with E-state index in [2.05, 4.69) is 15.2 Å². The zero-order valence-electron chi connectivity index (χ0n) is 13.1. The lowest BCUT2D eigenvalue weighted by molar-refractivity contribution is -0.128. The Bertz CT molecular complexity index is 654. The number of hydrogen-bond acceptors (Lipinski definition) is 5. The molecule has 7 nitrogen and oxygen atoms in total. The van der Waals surface area contributed by atoms with Crippen LogP contribution in [0.15, 0.2) is 24.3 Å². The summed E-state index contributed by atoms with van der Waals surface area (Å²) in [5.41, 5.74) is 0. The molecule has 1 saturated heterocycles. The van der Waals surface area contributed by atoms with Crippen LogP contribution in [0.3, 0.4) is 0 Å². The molecule has 0 radical (unpaired) electrons. The van der Waals surface area contributed by atoms with Crippen LogP contribution < -0.4 is 9.47 Å². The molecule has 122 valence electrons. The average molecular weight is 316 g/mol. The molecule has 1 aromatic carbocycles. The van der Waals surface area contributed by atoms with Gasteiger partial charge in [-0.15, -0.1) is 0 Å². The summed E-state index contributed by atoms with van der Waals surface area (Å²) in [5.74, 6) is 2.98. The number of aromatic amines is 1. The van der Waals surface area contributed by atoms with Gasteiger partial charge in [0.15, 0.2) is 11.6 Å². The van der Waals surface area contributed by atoms with Crippen molar-refractivity contribution in [3.63, 3.8) is 0 Å². The quantitative estimate of drug-likeness (QED) is 0.844. The van der Waals surface area contributed by atoms with Crippen LogP contribution in [0.25, 0.3) is 0 Å². The van der Waals surface area contributed by atoms with Gasteiger partial charge in [-0.2, -0.15) is 5.10 Å². The van der Waals surface area contributed by atoms with E-state index >= 15 is 0 Å². The molecule has 0 spiro atoms. The third kappa shape index (κ3) is 4.00. The van der Waals surface area contributed by atoms with Crippen molar-refractivity contribution < 1.29 is 14.3 Å². The Morgan fingerprint density at radius 2 is 1.96 bits per heavy atom. The maximum Gasteiger partial charge on any atom is 0.223 e. The molecule has 2 heterocycles. The summed E-state index contributed by atoms with van der Waals surface area (Å²) in [6.07, 6.45) is 1.54. The Morgan fingerprint density at radius 3 is 2.61 bits per heavy atom. The molecule has 0 bridgehead atoms. The number of carbonyl (C=O) groups is 1. The first-order valence-corrected chi connectivity index (χ1v) is 7.78. The lowest BCUT2D eigenvalue weighted by Gasteiger charge is -2.12. The third-order valence-electron chi connectivity index (χ3n) is 3.59. The summed E-state index contributed by atoms with van der Waals surface area (Å²) >= 11 is 0. The van der Waals surface area contributed by atoms with E-state index in [-0.39, 0.29) is 5.91 Å². The second kappa shape index (κ2) is 7.13. The number of nitrogens with zero attached hydrogens (tertiary/aromatic N) is 3. The van der Waals surface area contributed by atoms with Gasteiger partial charge in [0.05, 0.1) is 13.2 Å². The number of rotatable bonds is 7. The van der Waals surface area contributed by atoms with Crippen LogP contribution >= 0.6 is 0 Å². The van der Waals surface area contributed by atoms with E-state index in [0.29, 0.717) is 37.8 Å². The van der Waals surface area contributed by atoms with Crippen LogP contribution in [0.2, 0.25) is 0 Å². The van der Waals surface area contributed by atoms with Crippen molar-refractivity contribution in [2.75, 3.05) is 13.2 Å². The number of benzene rings is 1. The van der Waals surface area contributed by atoms with Crippen molar-refractivity contribution in [3.05, 3.63) is 35.9 Å². The number of aromatic nitrogens is 3. The SMILES string of the molecule is CCOc1ccc(OCc2nc(CN3CCCC3=O)n[nH]2)cc1. The van der Waals surface area contributed by atoms with E-state index in [1.54, 1.807) is 4.90 Å². The Labute approximate surface area is 134 Å². The van der Waals surface area contributed by atoms with Crippen molar-refractivity contribution in [1.29, 1.82) is 0 Å². The first-order chi connectivity index (χ1) is 11.2. The van der Waals surface area contributed by atoms with Crippen molar-refractivity contribution in [3.8, 4) is 11.5 Å². The van der Waals surface area contributed by atoms with Gasteiger partial charge in [-0.3, -0.25) is 9.89 Å². The number of carbonyl (C=O) groups excluding carboxylic acids is 1. The fourth-order valence-electron chi connectivity index (χ4n) is 2.46. The Balaban J connectivity index is 1.51. The third-order valence-corrected chi connectivity index (χ3v) is 3.59. The number of amides is 1. The van der Waals surface area contributed by atoms with Gasteiger partial charge in [0.25, 0.3) is 0 Å². The molecule has 0 aliphatic carbocycles. The lowest BCUT2D eigenvalue weighted by atomic mass is 10.3. The minimum absolute atomic E-state index is 0.169. The highest BCUT2D eigenvalue weighted by atomic mass is 16.5. The van der Waals surface area contributed by atoms with E-state index < -0.39 is 0 Å². The van der Waals surface area contributed by atoms with Gasteiger partial charge in [0.2, 0.25) is 5.91 Å². The maximum absolute atomic E-state index is 11.6. The van der Waals surface area contributed by atoms with Gasteiger partial charge >= 0.3 is 0 Å². The van der Waals surface area contributed by atoms with E-state index in [0.717, 1.165) is 24.5 Å². The minimum atomic E-state index is 0.169. The molecule has 1 aliphatic heterocycles. The van der Waals surface area contributed by atoms with Crippen LogP contribution in [0.5, 0.6) is 11.5 Å². The predicted molar refractivity (Wildman–Crippen MR) is 83.0 cm³/mol. The number of H-pyrrole nitrogens is 1. The van der Waals surface area contributed by atoms with Crippen LogP contribution in [-0.2, 0) is 17.9 Å². The predicted octanol–water partition coefficient (Wildman–Crippen LogP) is 1.90. The molecule has 3 rings (SSSR count). The average Bonchev–Trinajstić information content (AvgIpc) is 3.17. The van der Waals surface area contributed by atoms with Gasteiger partial charge in [0.1, 0.15) is 18.1 Å². The molecule has 1 N–H and O–H groups in total. The van der Waals surface area contributed by atoms with Crippen LogP contribution in [0, 0.1) is 0 Å². The summed E-state index contributed by atoms with van der Waals surface area (Å²) in [6, 6.07) is 7.43. The van der Waals surface area contributed by atoms with Gasteiger partial charge in [-0.25, -0.2) is 4.98 Å². The zero-order valence-corrected chi connectivity index (χ0v) is 13.1. The molecule has 1 aliphatic rings. The van der Waals surface area contributed by atoms with Crippen molar-refractivity contribution in [2.24, 2.45) is 0 Å². The van der Waals surface area contributed by atoms with Crippen LogP contribution in [-0.4, -0.2) is 39.1 Å². The van der Waals surface area contributed by atoms with E-state index in [1.165, 1.54) is 0 Å². The number of ether oxygens (including phenoxy) is 2. The van der Waals surface area contributed by atoms with E-state index in [4.69, 9.17) is 9.47 Å². The molecule has 0 unspecified atom stereocenters. The van der Waals surface area contributed by atoms with Gasteiger partial charge in [-0.1, -0.05) is 0 Å². The summed E-state index contributed by atoms with van der Waals surface area (Å²) in [6.45, 7) is 4.13. The zero-order chi connectivity index (χ0) is 16.1. The molecule has 23 heavy (non-hydrogen) atoms. The summed E-state index contributed by atoms with van der Waals surface area (Å²) < 4.78 is 11.0. The van der Waals surface area contributed by atoms with Crippen molar-refractivity contribution in [2.45, 2.75) is 32.9 Å². The topological polar surface area (TPSA) is 80.3 Å². The number of nitrogens with one attached hydrogen (secondary N) is 1. The molecule has 1 aromatic heterocycles. The largest absolute Gasteiger partial charge is 0.494 e. The van der Waals surface area contributed by atoms with Gasteiger partial charge in [0, 0.05) is 13.0 Å². The highest BCUT2D eigenvalue weighted by molar-refractivity contribution is 5.77. The maximum atomic E-state index is 11.6. The Hall–Kier alpha value is -2.57. The van der Waals surface area contributed by atoms with Gasteiger partial charge < -0.3 is 14.4 Å². The van der Waals surface area contributed by atoms with Crippen molar-refractivity contribution >= 4 is 5.91 Å². The highest BCUT2D eigenvalue weighted by Crippen LogP contribution is 2.18. The second-order valence-corrected chi connectivity index (χ2v) is 5.31. The molecular weight excluding hydrogens is 296 g/mol. The Kier molecular flexibility index (Phi) is 4.75. The minimum Gasteiger partial charge on any atom is -0.494 e. The molecule has 0 saturated carbocycles. The smallest absolute Gasteiger partial charge is 0.223 e. The Morgan fingerprint density at radius 1 is 1.22 bits per heavy atom. The monoisotopic (exact) mass is 316 g/mol. The van der Waals surface area contributed by atoms with E-state index in [1.807, 2.05) is 31.2 Å². The molecule has 1 fully saturated rings. The molecule has 0 atom stereocenters. The highest BCUT2D eigenvalue weighted by Gasteiger charge is 2.21. The molecular formula is C16H20N4O3. The standard InChI is InChI=1S/C16H20N4O3/c1-2-22-12-5-7-13(8-6-12)23-11-15-17-14(18-19-15)10-20-9-3-4-16(20)21/h5-8H,2-4,9-11H2,1H3,(H,17,18,19). The fourth-order valence-corrected chi connectivity index (χ4v) is 2.46. The van der Waals surface area contributed by atoms with Crippen LogP contribution in [0.1, 0.15) is 31.4 Å². The fraction of sp³-hybridized carbons (Fsp3) is 0.438. The number of hydrogen-bond donors (Lipinski definition) is 1. The summed E-state index contributed by atoms with van der Waals surface area (Å²) in [7, 11) is 0. The summed E-state index contributed by atoms with van der Waals surface area (Å²) in [5, 5.41) is 6.98. The van der Waals surface area contributed by atoms with Crippen LogP contribution in [0.4, 0.5) is 0 Å². The normalized spacial score (nSPS) is 14.3. The molecule has 7 heteroatoms. The van der Waals surface area contributed by atoms with Crippen molar-refractivity contribution in [1.82, 2.24) is 20.1 Å². The number of likely N-dealkylation sites (tertiary alicyclic amines) is 1. The molecule has 2 aromatic rings. The van der Waals surface area contributed by atoms with E-state index in [9.17, 15) is 4.79 Å². The first-order valence-electron chi connectivity index (χ1n) is 7.78. The summed E-state index contributed by atoms with van der Waals surface area (Å²) in [4.78, 5) is 17.7. The molecule has 1 amide bonds.